The molecule has 0 aliphatic carbocycles. The van der Waals surface area contributed by atoms with E-state index < -0.39 is 12.0 Å². The minimum Gasteiger partial charge on any atom is -0.497 e. The number of hydrogen-bond acceptors (Lipinski definition) is 4. The van der Waals surface area contributed by atoms with Gasteiger partial charge in [-0.25, -0.2) is 9.59 Å². The third kappa shape index (κ3) is 3.69. The minimum absolute atomic E-state index is 0.0325. The molecule has 2 aromatic rings. The number of aromatic nitrogens is 1. The molecule has 0 atom stereocenters. The summed E-state index contributed by atoms with van der Waals surface area (Å²) in [6.07, 6.45) is 2.62. The van der Waals surface area contributed by atoms with Crippen LogP contribution < -0.4 is 15.4 Å². The van der Waals surface area contributed by atoms with E-state index in [0.29, 0.717) is 11.4 Å². The van der Waals surface area contributed by atoms with E-state index in [4.69, 9.17) is 9.84 Å². The number of anilines is 2. The van der Waals surface area contributed by atoms with Crippen molar-refractivity contribution >= 4 is 23.4 Å². The van der Waals surface area contributed by atoms with E-state index in [1.54, 1.807) is 31.4 Å². The van der Waals surface area contributed by atoms with E-state index in [2.05, 4.69) is 15.6 Å². The quantitative estimate of drug-likeness (QED) is 0.801. The van der Waals surface area contributed by atoms with Crippen molar-refractivity contribution in [1.82, 2.24) is 4.98 Å². The number of urea groups is 1. The maximum atomic E-state index is 11.8. The van der Waals surface area contributed by atoms with E-state index in [9.17, 15) is 9.59 Å². The van der Waals surface area contributed by atoms with Gasteiger partial charge in [-0.2, -0.15) is 0 Å². The molecule has 0 spiro atoms. The Morgan fingerprint density at radius 3 is 2.48 bits per heavy atom. The number of carboxylic acids is 1. The van der Waals surface area contributed by atoms with Crippen molar-refractivity contribution in [2.75, 3.05) is 17.7 Å². The van der Waals surface area contributed by atoms with Crippen LogP contribution in [0.25, 0.3) is 0 Å². The molecule has 0 saturated carbocycles. The smallest absolute Gasteiger partial charge is 0.337 e. The lowest BCUT2D eigenvalue weighted by atomic mass is 10.2. The number of methoxy groups -OCH3 is 1. The molecule has 0 fully saturated rings. The van der Waals surface area contributed by atoms with Gasteiger partial charge in [-0.15, -0.1) is 0 Å². The molecule has 2 amide bonds. The van der Waals surface area contributed by atoms with Crippen molar-refractivity contribution in [3.8, 4) is 5.75 Å². The van der Waals surface area contributed by atoms with E-state index in [-0.39, 0.29) is 11.3 Å². The van der Waals surface area contributed by atoms with Crippen molar-refractivity contribution in [1.29, 1.82) is 0 Å². The molecule has 0 aliphatic rings. The fraction of sp³-hybridized carbons (Fsp3) is 0.0714. The molecule has 3 N–H and O–H groups in total. The number of rotatable bonds is 4. The number of ether oxygens (including phenoxy) is 1. The predicted octanol–water partition coefficient (Wildman–Crippen LogP) is 2.43. The minimum atomic E-state index is -1.14. The number of benzene rings is 1. The Kier molecular flexibility index (Phi) is 4.35. The Morgan fingerprint density at radius 1 is 1.14 bits per heavy atom. The maximum Gasteiger partial charge on any atom is 0.337 e. The molecule has 1 aromatic heterocycles. The van der Waals surface area contributed by atoms with E-state index >= 15 is 0 Å². The van der Waals surface area contributed by atoms with Crippen LogP contribution >= 0.6 is 0 Å². The second kappa shape index (κ2) is 6.38. The molecular weight excluding hydrogens is 274 g/mol. The van der Waals surface area contributed by atoms with Gasteiger partial charge in [-0.3, -0.25) is 4.98 Å². The van der Waals surface area contributed by atoms with Crippen LogP contribution in [0.3, 0.4) is 0 Å². The highest BCUT2D eigenvalue weighted by atomic mass is 16.5. The fourth-order valence-electron chi connectivity index (χ4n) is 1.64. The normalized spacial score (nSPS) is 9.76. The van der Waals surface area contributed by atoms with Gasteiger partial charge >= 0.3 is 12.0 Å². The molecule has 2 rings (SSSR count). The van der Waals surface area contributed by atoms with Crippen LogP contribution in [0, 0.1) is 0 Å². The maximum absolute atomic E-state index is 11.8. The molecule has 7 nitrogen and oxygen atoms in total. The van der Waals surface area contributed by atoms with E-state index in [0.717, 1.165) is 0 Å². The third-order valence-corrected chi connectivity index (χ3v) is 2.65. The number of aromatic carboxylic acids is 1. The summed E-state index contributed by atoms with van der Waals surface area (Å²) < 4.78 is 5.01. The molecule has 1 heterocycles. The first-order valence-corrected chi connectivity index (χ1v) is 5.99. The lowest BCUT2D eigenvalue weighted by molar-refractivity contribution is 0.0698. The molecular formula is C14H13N3O4. The van der Waals surface area contributed by atoms with Crippen LogP contribution in [0.1, 0.15) is 10.4 Å². The summed E-state index contributed by atoms with van der Waals surface area (Å²) in [5, 5.41) is 14.0. The van der Waals surface area contributed by atoms with Crippen LogP contribution in [0.4, 0.5) is 16.2 Å². The molecule has 21 heavy (non-hydrogen) atoms. The predicted molar refractivity (Wildman–Crippen MR) is 76.8 cm³/mol. The van der Waals surface area contributed by atoms with Crippen molar-refractivity contribution in [3.05, 3.63) is 48.3 Å². The second-order valence-corrected chi connectivity index (χ2v) is 4.03. The van der Waals surface area contributed by atoms with Gasteiger partial charge in [0.2, 0.25) is 0 Å². The van der Waals surface area contributed by atoms with Crippen molar-refractivity contribution < 1.29 is 19.4 Å². The van der Waals surface area contributed by atoms with E-state index in [1.807, 2.05) is 0 Å². The number of pyridine rings is 1. The monoisotopic (exact) mass is 287 g/mol. The number of nitrogens with zero attached hydrogens (tertiary/aromatic N) is 1. The van der Waals surface area contributed by atoms with Crippen LogP contribution in [-0.2, 0) is 0 Å². The summed E-state index contributed by atoms with van der Waals surface area (Å²) in [5.74, 6) is -0.474. The lowest BCUT2D eigenvalue weighted by Crippen LogP contribution is -2.21. The van der Waals surface area contributed by atoms with Gasteiger partial charge in [-0.05, 0) is 30.3 Å². The molecule has 1 aromatic carbocycles. The topological polar surface area (TPSA) is 101 Å². The summed E-state index contributed by atoms with van der Waals surface area (Å²) >= 11 is 0. The number of hydrogen-bond donors (Lipinski definition) is 3. The lowest BCUT2D eigenvalue weighted by Gasteiger charge is -2.09. The number of nitrogens with one attached hydrogen (secondary N) is 2. The number of amides is 2. The van der Waals surface area contributed by atoms with Crippen LogP contribution in [0.15, 0.2) is 42.7 Å². The average molecular weight is 287 g/mol. The molecule has 0 aliphatic heterocycles. The zero-order valence-corrected chi connectivity index (χ0v) is 11.2. The molecule has 7 heteroatoms. The SMILES string of the molecule is COc1ccc(NC(=O)Nc2cnccc2C(=O)O)cc1. The first-order chi connectivity index (χ1) is 10.1. The van der Waals surface area contributed by atoms with Gasteiger partial charge in [0.05, 0.1) is 24.6 Å². The van der Waals surface area contributed by atoms with Crippen LogP contribution in [0.5, 0.6) is 5.75 Å². The number of carbonyl (C=O) groups excluding carboxylic acids is 1. The number of carboxylic acid groups (broad SMARTS) is 1. The molecule has 0 radical (unpaired) electrons. The second-order valence-electron chi connectivity index (χ2n) is 4.03. The van der Waals surface area contributed by atoms with Crippen molar-refractivity contribution in [3.63, 3.8) is 0 Å². The third-order valence-electron chi connectivity index (χ3n) is 2.65. The first-order valence-electron chi connectivity index (χ1n) is 5.99. The highest BCUT2D eigenvalue weighted by molar-refractivity contribution is 6.04. The zero-order valence-electron chi connectivity index (χ0n) is 11.2. The fourth-order valence-corrected chi connectivity index (χ4v) is 1.64. The van der Waals surface area contributed by atoms with Gasteiger partial charge in [0.1, 0.15) is 5.75 Å². The first kappa shape index (κ1) is 14.3. The summed E-state index contributed by atoms with van der Waals surface area (Å²) in [5.41, 5.74) is 0.639. The van der Waals surface area contributed by atoms with Gasteiger partial charge < -0.3 is 20.5 Å². The summed E-state index contributed by atoms with van der Waals surface area (Å²) in [6.45, 7) is 0. The largest absolute Gasteiger partial charge is 0.497 e. The van der Waals surface area contributed by atoms with Crippen LogP contribution in [-0.4, -0.2) is 29.2 Å². The standard InChI is InChI=1S/C14H13N3O4/c1-21-10-4-2-9(3-5-10)16-14(20)17-12-8-15-7-6-11(12)13(18)19/h2-8H,1H3,(H,18,19)(H2,16,17,20). The Balaban J connectivity index is 2.06. The van der Waals surface area contributed by atoms with Crippen molar-refractivity contribution in [2.24, 2.45) is 0 Å². The summed E-state index contributed by atoms with van der Waals surface area (Å²) in [4.78, 5) is 26.6. The number of carbonyl (C=O) groups is 2. The van der Waals surface area contributed by atoms with Gasteiger partial charge in [0.15, 0.2) is 0 Å². The Hall–Kier alpha value is -3.09. The van der Waals surface area contributed by atoms with E-state index in [1.165, 1.54) is 18.5 Å². The molecule has 0 saturated heterocycles. The average Bonchev–Trinajstić information content (AvgIpc) is 2.48. The van der Waals surface area contributed by atoms with Crippen molar-refractivity contribution in [2.45, 2.75) is 0 Å². The summed E-state index contributed by atoms with van der Waals surface area (Å²) in [7, 11) is 1.55. The molecule has 0 bridgehead atoms. The Bertz CT molecular complexity index is 656. The molecule has 0 unspecified atom stereocenters. The highest BCUT2D eigenvalue weighted by Gasteiger charge is 2.12. The van der Waals surface area contributed by atoms with Gasteiger partial charge in [-0.1, -0.05) is 0 Å². The molecule has 108 valence electrons. The Labute approximate surface area is 120 Å². The summed E-state index contributed by atoms with van der Waals surface area (Å²) in [6, 6.07) is 7.48. The highest BCUT2D eigenvalue weighted by Crippen LogP contribution is 2.16. The van der Waals surface area contributed by atoms with Gasteiger partial charge in [0.25, 0.3) is 0 Å². The van der Waals surface area contributed by atoms with Gasteiger partial charge in [0, 0.05) is 11.9 Å². The Morgan fingerprint density at radius 2 is 1.86 bits per heavy atom. The zero-order chi connectivity index (χ0) is 15.2. The van der Waals surface area contributed by atoms with Crippen LogP contribution in [0.2, 0.25) is 0 Å².